The summed E-state index contributed by atoms with van der Waals surface area (Å²) in [4.78, 5) is 23.4. The summed E-state index contributed by atoms with van der Waals surface area (Å²) in [6.45, 7) is 5.13. The first kappa shape index (κ1) is 15.8. The van der Waals surface area contributed by atoms with Crippen LogP contribution in [0.1, 0.15) is 29.8 Å². The topological polar surface area (TPSA) is 55.4 Å². The first-order valence-electron chi connectivity index (χ1n) is 7.11. The summed E-state index contributed by atoms with van der Waals surface area (Å²) >= 11 is 0. The molecule has 0 aliphatic rings. The standard InChI is InChI=1S/C18H19NO3/c1-12-6-4-5-7-17(12)19-18(21)14(3)22-16-10-8-15(9-11-16)13(2)20/h4-11,14H,1-3H3,(H,19,21). The third kappa shape index (κ3) is 3.95. The monoisotopic (exact) mass is 297 g/mol. The highest BCUT2D eigenvalue weighted by atomic mass is 16.5. The predicted octanol–water partition coefficient (Wildman–Crippen LogP) is 3.60. The Bertz CT molecular complexity index is 677. The maximum absolute atomic E-state index is 12.2. The molecule has 1 unspecified atom stereocenters. The number of ether oxygens (including phenoxy) is 1. The minimum atomic E-state index is -0.636. The van der Waals surface area contributed by atoms with Crippen molar-refractivity contribution >= 4 is 17.4 Å². The number of carbonyl (C=O) groups is 2. The summed E-state index contributed by atoms with van der Waals surface area (Å²) in [7, 11) is 0. The summed E-state index contributed by atoms with van der Waals surface area (Å²) < 4.78 is 5.60. The molecule has 2 aromatic carbocycles. The number of nitrogens with one attached hydrogen (secondary N) is 1. The smallest absolute Gasteiger partial charge is 0.265 e. The third-order valence-corrected chi connectivity index (χ3v) is 3.35. The van der Waals surface area contributed by atoms with Crippen molar-refractivity contribution in [1.82, 2.24) is 0 Å². The van der Waals surface area contributed by atoms with Gasteiger partial charge in [0.1, 0.15) is 5.75 Å². The van der Waals surface area contributed by atoms with Crippen LogP contribution in [0.5, 0.6) is 5.75 Å². The Morgan fingerprint density at radius 2 is 1.68 bits per heavy atom. The van der Waals surface area contributed by atoms with Gasteiger partial charge in [0.25, 0.3) is 5.91 Å². The van der Waals surface area contributed by atoms with E-state index in [9.17, 15) is 9.59 Å². The van der Waals surface area contributed by atoms with Crippen molar-refractivity contribution in [2.24, 2.45) is 0 Å². The van der Waals surface area contributed by atoms with Gasteiger partial charge in [-0.15, -0.1) is 0 Å². The highest BCUT2D eigenvalue weighted by molar-refractivity contribution is 5.95. The largest absolute Gasteiger partial charge is 0.481 e. The average Bonchev–Trinajstić information content (AvgIpc) is 2.50. The third-order valence-electron chi connectivity index (χ3n) is 3.35. The second-order valence-corrected chi connectivity index (χ2v) is 5.14. The zero-order valence-corrected chi connectivity index (χ0v) is 12.9. The second-order valence-electron chi connectivity index (χ2n) is 5.14. The first-order valence-corrected chi connectivity index (χ1v) is 7.11. The van der Waals surface area contributed by atoms with Gasteiger partial charge in [0, 0.05) is 11.3 Å². The molecule has 0 radical (unpaired) electrons. The van der Waals surface area contributed by atoms with E-state index in [0.717, 1.165) is 11.3 Å². The summed E-state index contributed by atoms with van der Waals surface area (Å²) in [5, 5.41) is 2.84. The number of hydrogen-bond donors (Lipinski definition) is 1. The molecule has 2 rings (SSSR count). The van der Waals surface area contributed by atoms with Crippen molar-refractivity contribution < 1.29 is 14.3 Å². The van der Waals surface area contributed by atoms with Gasteiger partial charge in [-0.25, -0.2) is 0 Å². The predicted molar refractivity (Wildman–Crippen MR) is 86.3 cm³/mol. The van der Waals surface area contributed by atoms with Gasteiger partial charge in [-0.1, -0.05) is 18.2 Å². The van der Waals surface area contributed by atoms with Gasteiger partial charge in [-0.3, -0.25) is 9.59 Å². The van der Waals surface area contributed by atoms with Gasteiger partial charge < -0.3 is 10.1 Å². The lowest BCUT2D eigenvalue weighted by molar-refractivity contribution is -0.122. The minimum Gasteiger partial charge on any atom is -0.481 e. The zero-order valence-electron chi connectivity index (χ0n) is 12.9. The molecule has 1 N–H and O–H groups in total. The Kier molecular flexibility index (Phi) is 4.94. The van der Waals surface area contributed by atoms with Crippen LogP contribution < -0.4 is 10.1 Å². The van der Waals surface area contributed by atoms with E-state index < -0.39 is 6.10 Å². The van der Waals surface area contributed by atoms with Crippen molar-refractivity contribution in [2.75, 3.05) is 5.32 Å². The molecule has 2 aromatic rings. The molecule has 0 heterocycles. The lowest BCUT2D eigenvalue weighted by atomic mass is 10.1. The molecule has 0 saturated heterocycles. The Morgan fingerprint density at radius 1 is 1.05 bits per heavy atom. The number of amides is 1. The number of rotatable bonds is 5. The van der Waals surface area contributed by atoms with E-state index in [1.807, 2.05) is 31.2 Å². The number of aryl methyl sites for hydroxylation is 1. The van der Waals surface area contributed by atoms with Gasteiger partial charge in [0.2, 0.25) is 0 Å². The molecule has 22 heavy (non-hydrogen) atoms. The number of benzene rings is 2. The molecule has 4 heteroatoms. The van der Waals surface area contributed by atoms with E-state index >= 15 is 0 Å². The molecule has 0 aliphatic heterocycles. The Morgan fingerprint density at radius 3 is 2.27 bits per heavy atom. The number of ketones is 1. The van der Waals surface area contributed by atoms with E-state index in [-0.39, 0.29) is 11.7 Å². The van der Waals surface area contributed by atoms with Crippen molar-refractivity contribution in [3.05, 3.63) is 59.7 Å². The van der Waals surface area contributed by atoms with Crippen molar-refractivity contribution in [3.63, 3.8) is 0 Å². The molecule has 1 amide bonds. The Balaban J connectivity index is 1.99. The van der Waals surface area contributed by atoms with Crippen LogP contribution in [-0.2, 0) is 4.79 Å². The molecule has 0 saturated carbocycles. The summed E-state index contributed by atoms with van der Waals surface area (Å²) in [5.74, 6) is 0.333. The molecule has 0 aromatic heterocycles. The molecule has 0 fully saturated rings. The molecule has 0 bridgehead atoms. The van der Waals surface area contributed by atoms with Crippen LogP contribution in [0.2, 0.25) is 0 Å². The van der Waals surface area contributed by atoms with Crippen LogP contribution in [0.3, 0.4) is 0 Å². The molecule has 114 valence electrons. The maximum atomic E-state index is 12.2. The number of para-hydroxylation sites is 1. The normalized spacial score (nSPS) is 11.6. The van der Waals surface area contributed by atoms with Crippen LogP contribution in [0.4, 0.5) is 5.69 Å². The second kappa shape index (κ2) is 6.89. The van der Waals surface area contributed by atoms with Crippen molar-refractivity contribution in [1.29, 1.82) is 0 Å². The number of Topliss-reactive ketones (excluding diaryl/α,β-unsaturated/α-hetero) is 1. The number of hydrogen-bond acceptors (Lipinski definition) is 3. The maximum Gasteiger partial charge on any atom is 0.265 e. The van der Waals surface area contributed by atoms with Crippen molar-refractivity contribution in [3.8, 4) is 5.75 Å². The lowest BCUT2D eigenvalue weighted by Crippen LogP contribution is -2.30. The van der Waals surface area contributed by atoms with Crippen LogP contribution >= 0.6 is 0 Å². The minimum absolute atomic E-state index is 0.00288. The van der Waals surface area contributed by atoms with Gasteiger partial charge >= 0.3 is 0 Å². The van der Waals surface area contributed by atoms with Crippen LogP contribution in [0.25, 0.3) is 0 Å². The fraction of sp³-hybridized carbons (Fsp3) is 0.222. The SMILES string of the molecule is CC(=O)c1ccc(OC(C)C(=O)Nc2ccccc2C)cc1. The average molecular weight is 297 g/mol. The Labute approximate surface area is 130 Å². The first-order chi connectivity index (χ1) is 10.5. The zero-order chi connectivity index (χ0) is 16.1. The highest BCUT2D eigenvalue weighted by Crippen LogP contribution is 2.17. The quantitative estimate of drug-likeness (QED) is 0.858. The van der Waals surface area contributed by atoms with E-state index in [4.69, 9.17) is 4.74 Å². The number of carbonyl (C=O) groups excluding carboxylic acids is 2. The molecular weight excluding hydrogens is 278 g/mol. The molecule has 4 nitrogen and oxygen atoms in total. The Hall–Kier alpha value is -2.62. The van der Waals surface area contributed by atoms with Gasteiger partial charge in [0.15, 0.2) is 11.9 Å². The van der Waals surface area contributed by atoms with Gasteiger partial charge in [-0.2, -0.15) is 0 Å². The van der Waals surface area contributed by atoms with E-state index in [0.29, 0.717) is 11.3 Å². The van der Waals surface area contributed by atoms with Crippen LogP contribution in [-0.4, -0.2) is 17.8 Å². The van der Waals surface area contributed by atoms with E-state index in [1.54, 1.807) is 31.2 Å². The van der Waals surface area contributed by atoms with Crippen molar-refractivity contribution in [2.45, 2.75) is 26.9 Å². The fourth-order valence-corrected chi connectivity index (χ4v) is 1.97. The number of anilines is 1. The summed E-state index contributed by atoms with van der Waals surface area (Å²) in [6.07, 6.45) is -0.636. The summed E-state index contributed by atoms with van der Waals surface area (Å²) in [5.41, 5.74) is 2.38. The lowest BCUT2D eigenvalue weighted by Gasteiger charge is -2.15. The fourth-order valence-electron chi connectivity index (χ4n) is 1.97. The van der Waals surface area contributed by atoms with E-state index in [1.165, 1.54) is 6.92 Å². The molecule has 0 aliphatic carbocycles. The van der Waals surface area contributed by atoms with Crippen LogP contribution in [0, 0.1) is 6.92 Å². The summed E-state index contributed by atoms with van der Waals surface area (Å²) in [6, 6.07) is 14.3. The molecular formula is C18H19NO3. The van der Waals surface area contributed by atoms with E-state index in [2.05, 4.69) is 5.32 Å². The van der Waals surface area contributed by atoms with Gasteiger partial charge in [-0.05, 0) is 56.7 Å². The molecule has 0 spiro atoms. The highest BCUT2D eigenvalue weighted by Gasteiger charge is 2.15. The molecule has 1 atom stereocenters. The van der Waals surface area contributed by atoms with Crippen LogP contribution in [0.15, 0.2) is 48.5 Å². The van der Waals surface area contributed by atoms with Gasteiger partial charge in [0.05, 0.1) is 0 Å².